The van der Waals surface area contributed by atoms with Crippen molar-refractivity contribution in [1.82, 2.24) is 15.1 Å². The summed E-state index contributed by atoms with van der Waals surface area (Å²) in [5, 5.41) is 10.5. The van der Waals surface area contributed by atoms with Crippen molar-refractivity contribution in [2.45, 2.75) is 12.5 Å². The Morgan fingerprint density at radius 3 is 2.65 bits per heavy atom. The molecule has 0 bridgehead atoms. The molecule has 3 rings (SSSR count). The molecular formula is C17H19N3. The second kappa shape index (κ2) is 5.47. The molecule has 0 aliphatic rings. The molecule has 1 N–H and O–H groups in total. The van der Waals surface area contributed by atoms with Gasteiger partial charge >= 0.3 is 0 Å². The maximum atomic E-state index is 4.51. The minimum atomic E-state index is 0.238. The van der Waals surface area contributed by atoms with Gasteiger partial charge in [0.1, 0.15) is 0 Å². The van der Waals surface area contributed by atoms with Crippen LogP contribution in [0.3, 0.4) is 0 Å². The Kier molecular flexibility index (Phi) is 3.52. The number of aryl methyl sites for hydroxylation is 1. The smallest absolute Gasteiger partial charge is 0.0797 e. The fourth-order valence-corrected chi connectivity index (χ4v) is 2.66. The minimum absolute atomic E-state index is 0.238. The summed E-state index contributed by atoms with van der Waals surface area (Å²) >= 11 is 0. The van der Waals surface area contributed by atoms with Crippen molar-refractivity contribution < 1.29 is 0 Å². The molecule has 1 aromatic heterocycles. The molecule has 0 saturated carbocycles. The van der Waals surface area contributed by atoms with Gasteiger partial charge in [-0.2, -0.15) is 5.10 Å². The van der Waals surface area contributed by atoms with E-state index in [1.165, 1.54) is 16.3 Å². The van der Waals surface area contributed by atoms with Gasteiger partial charge in [0.2, 0.25) is 0 Å². The summed E-state index contributed by atoms with van der Waals surface area (Å²) in [5.41, 5.74) is 2.44. The Morgan fingerprint density at radius 2 is 1.90 bits per heavy atom. The van der Waals surface area contributed by atoms with Gasteiger partial charge in [-0.15, -0.1) is 0 Å². The van der Waals surface area contributed by atoms with Gasteiger partial charge in [-0.3, -0.25) is 4.68 Å². The maximum absolute atomic E-state index is 4.51. The normalized spacial score (nSPS) is 12.7. The second-order valence-electron chi connectivity index (χ2n) is 5.10. The van der Waals surface area contributed by atoms with Crippen molar-refractivity contribution in [3.05, 3.63) is 66.0 Å². The van der Waals surface area contributed by atoms with Crippen molar-refractivity contribution in [2.24, 2.45) is 7.05 Å². The van der Waals surface area contributed by atoms with Crippen LogP contribution in [0.5, 0.6) is 0 Å². The van der Waals surface area contributed by atoms with Gasteiger partial charge in [-0.25, -0.2) is 0 Å². The summed E-state index contributed by atoms with van der Waals surface area (Å²) in [7, 11) is 3.94. The molecular weight excluding hydrogens is 246 g/mol. The van der Waals surface area contributed by atoms with E-state index in [0.717, 1.165) is 12.1 Å². The van der Waals surface area contributed by atoms with E-state index < -0.39 is 0 Å². The van der Waals surface area contributed by atoms with E-state index >= 15 is 0 Å². The lowest BCUT2D eigenvalue weighted by molar-refractivity contribution is 0.564. The zero-order chi connectivity index (χ0) is 13.9. The molecule has 1 heterocycles. The summed E-state index contributed by atoms with van der Waals surface area (Å²) in [6, 6.07) is 17.3. The quantitative estimate of drug-likeness (QED) is 0.785. The fourth-order valence-electron chi connectivity index (χ4n) is 2.66. The van der Waals surface area contributed by atoms with E-state index in [1.807, 2.05) is 25.0 Å². The molecule has 0 fully saturated rings. The molecule has 0 aliphatic heterocycles. The third-order valence-electron chi connectivity index (χ3n) is 3.74. The Morgan fingerprint density at radius 1 is 1.10 bits per heavy atom. The van der Waals surface area contributed by atoms with Crippen LogP contribution in [-0.2, 0) is 13.5 Å². The summed E-state index contributed by atoms with van der Waals surface area (Å²) in [6.45, 7) is 0. The van der Waals surface area contributed by atoms with Crippen molar-refractivity contribution in [2.75, 3.05) is 7.05 Å². The lowest BCUT2D eigenvalue weighted by atomic mass is 9.97. The Hall–Kier alpha value is -2.13. The SMILES string of the molecule is CNC(Cc1cccc2ccccc12)c1ccn(C)n1. The number of benzene rings is 2. The van der Waals surface area contributed by atoms with E-state index in [0.29, 0.717) is 0 Å². The molecule has 1 unspecified atom stereocenters. The predicted octanol–water partition coefficient (Wildman–Crippen LogP) is 3.08. The number of nitrogens with one attached hydrogen (secondary N) is 1. The minimum Gasteiger partial charge on any atom is -0.311 e. The highest BCUT2D eigenvalue weighted by Crippen LogP contribution is 2.23. The first-order valence-corrected chi connectivity index (χ1v) is 6.91. The molecule has 0 spiro atoms. The van der Waals surface area contributed by atoms with Gasteiger partial charge in [0, 0.05) is 13.2 Å². The molecule has 3 aromatic rings. The molecule has 102 valence electrons. The van der Waals surface area contributed by atoms with Gasteiger partial charge in [0.15, 0.2) is 0 Å². The van der Waals surface area contributed by atoms with Gasteiger partial charge in [-0.05, 0) is 35.9 Å². The number of rotatable bonds is 4. The van der Waals surface area contributed by atoms with E-state index in [9.17, 15) is 0 Å². The fraction of sp³-hybridized carbons (Fsp3) is 0.235. The third kappa shape index (κ3) is 2.45. The zero-order valence-electron chi connectivity index (χ0n) is 11.9. The average Bonchev–Trinajstić information content (AvgIpc) is 2.91. The molecule has 3 heteroatoms. The highest BCUT2D eigenvalue weighted by molar-refractivity contribution is 5.85. The van der Waals surface area contributed by atoms with E-state index in [1.54, 1.807) is 0 Å². The van der Waals surface area contributed by atoms with Gasteiger partial charge in [0.25, 0.3) is 0 Å². The van der Waals surface area contributed by atoms with Crippen LogP contribution < -0.4 is 5.32 Å². The summed E-state index contributed by atoms with van der Waals surface area (Å²) < 4.78 is 1.85. The Balaban J connectivity index is 1.95. The van der Waals surface area contributed by atoms with Crippen LogP contribution >= 0.6 is 0 Å². The van der Waals surface area contributed by atoms with Crippen LogP contribution in [0.15, 0.2) is 54.7 Å². The first-order valence-electron chi connectivity index (χ1n) is 6.91. The van der Waals surface area contributed by atoms with Crippen molar-refractivity contribution >= 4 is 10.8 Å². The first kappa shape index (κ1) is 12.9. The highest BCUT2D eigenvalue weighted by Gasteiger charge is 2.14. The Bertz CT molecular complexity index is 710. The number of hydrogen-bond donors (Lipinski definition) is 1. The number of aromatic nitrogens is 2. The molecule has 0 amide bonds. The molecule has 1 atom stereocenters. The second-order valence-corrected chi connectivity index (χ2v) is 5.10. The van der Waals surface area contributed by atoms with Gasteiger partial charge in [-0.1, -0.05) is 42.5 Å². The van der Waals surface area contributed by atoms with Crippen LogP contribution in [0, 0.1) is 0 Å². The number of likely N-dealkylation sites (N-methyl/N-ethyl adjacent to an activating group) is 1. The van der Waals surface area contributed by atoms with Crippen LogP contribution in [0.1, 0.15) is 17.3 Å². The summed E-state index contributed by atoms with van der Waals surface area (Å²) in [5.74, 6) is 0. The van der Waals surface area contributed by atoms with Gasteiger partial charge in [0.05, 0.1) is 11.7 Å². The molecule has 2 aromatic carbocycles. The van der Waals surface area contributed by atoms with E-state index in [4.69, 9.17) is 0 Å². The van der Waals surface area contributed by atoms with E-state index in [-0.39, 0.29) is 6.04 Å². The molecule has 0 radical (unpaired) electrons. The number of hydrogen-bond acceptors (Lipinski definition) is 2. The van der Waals surface area contributed by atoms with Crippen LogP contribution in [0.2, 0.25) is 0 Å². The first-order chi connectivity index (χ1) is 9.78. The monoisotopic (exact) mass is 265 g/mol. The van der Waals surface area contributed by atoms with Crippen LogP contribution in [0.4, 0.5) is 0 Å². The lowest BCUT2D eigenvalue weighted by Gasteiger charge is -2.15. The maximum Gasteiger partial charge on any atom is 0.0797 e. The Labute approximate surface area is 119 Å². The molecule has 0 saturated heterocycles. The van der Waals surface area contributed by atoms with Gasteiger partial charge < -0.3 is 5.32 Å². The topological polar surface area (TPSA) is 29.9 Å². The zero-order valence-corrected chi connectivity index (χ0v) is 11.9. The predicted molar refractivity (Wildman–Crippen MR) is 82.7 cm³/mol. The molecule has 3 nitrogen and oxygen atoms in total. The number of nitrogens with zero attached hydrogens (tertiary/aromatic N) is 2. The molecule has 0 aliphatic carbocycles. The van der Waals surface area contributed by atoms with Crippen LogP contribution in [-0.4, -0.2) is 16.8 Å². The van der Waals surface area contributed by atoms with Crippen molar-refractivity contribution in [3.63, 3.8) is 0 Å². The van der Waals surface area contributed by atoms with Crippen molar-refractivity contribution in [3.8, 4) is 0 Å². The standard InChI is InChI=1S/C17H19N3/c1-18-17(16-10-11-20(2)19-16)12-14-8-5-7-13-6-3-4-9-15(13)14/h3-11,17-18H,12H2,1-2H3. The lowest BCUT2D eigenvalue weighted by Crippen LogP contribution is -2.19. The number of fused-ring (bicyclic) bond motifs is 1. The van der Waals surface area contributed by atoms with Crippen LogP contribution in [0.25, 0.3) is 10.8 Å². The van der Waals surface area contributed by atoms with Crippen molar-refractivity contribution in [1.29, 1.82) is 0 Å². The van der Waals surface area contributed by atoms with E-state index in [2.05, 4.69) is 58.9 Å². The highest BCUT2D eigenvalue weighted by atomic mass is 15.3. The largest absolute Gasteiger partial charge is 0.311 e. The third-order valence-corrected chi connectivity index (χ3v) is 3.74. The average molecular weight is 265 g/mol. The summed E-state index contributed by atoms with van der Waals surface area (Å²) in [6.07, 6.45) is 2.93. The molecule has 20 heavy (non-hydrogen) atoms. The summed E-state index contributed by atoms with van der Waals surface area (Å²) in [4.78, 5) is 0.